The Labute approximate surface area is 330 Å². The van der Waals surface area contributed by atoms with E-state index in [1.165, 1.54) is 34.9 Å². The molecule has 2 aliphatic heterocycles. The molecule has 1 saturated heterocycles. The first-order chi connectivity index (χ1) is 26.7. The van der Waals surface area contributed by atoms with Crippen molar-refractivity contribution in [3.8, 4) is 0 Å². The maximum Gasteiger partial charge on any atom is 0.408 e. The molecule has 0 aliphatic carbocycles. The van der Waals surface area contributed by atoms with E-state index in [1.54, 1.807) is 63.2 Å². The van der Waals surface area contributed by atoms with Gasteiger partial charge in [-0.2, -0.15) is 8.42 Å². The molecule has 2 aliphatic rings. The van der Waals surface area contributed by atoms with Gasteiger partial charge in [-0.15, -0.1) is 11.8 Å². The molecule has 2 heterocycles. The van der Waals surface area contributed by atoms with Gasteiger partial charge in [0.05, 0.1) is 0 Å². The second-order valence-corrected chi connectivity index (χ2v) is 16.7. The zero-order valence-electron chi connectivity index (χ0n) is 31.1. The number of nitrogens with zero attached hydrogens (tertiary/aromatic N) is 1. The molecule has 290 valence electrons. The number of allylic oxidation sites excluding steroid dienone is 1. The van der Waals surface area contributed by atoms with E-state index in [0.717, 1.165) is 11.8 Å². The highest BCUT2D eigenvalue weighted by Gasteiger charge is 2.55. The van der Waals surface area contributed by atoms with Gasteiger partial charge in [-0.05, 0) is 68.2 Å². The van der Waals surface area contributed by atoms with Crippen LogP contribution in [0.15, 0.2) is 144 Å². The third kappa shape index (κ3) is 9.32. The van der Waals surface area contributed by atoms with Crippen LogP contribution in [-0.4, -0.2) is 60.0 Å². The van der Waals surface area contributed by atoms with Crippen LogP contribution in [0.1, 0.15) is 55.2 Å². The lowest BCUT2D eigenvalue weighted by molar-refractivity contribution is -0.154. The molecule has 6 rings (SSSR count). The van der Waals surface area contributed by atoms with Crippen LogP contribution in [0.3, 0.4) is 0 Å². The molecule has 3 atom stereocenters. The number of hydrogen-bond donors (Lipinski definition) is 2. The molecular formula is C42H41N3O9S2. The summed E-state index contributed by atoms with van der Waals surface area (Å²) in [5.74, 6) is -2.00. The minimum atomic E-state index is -4.20. The number of benzene rings is 4. The quantitative estimate of drug-likeness (QED) is 0.0706. The molecule has 56 heavy (non-hydrogen) atoms. The van der Waals surface area contributed by atoms with Crippen molar-refractivity contribution in [2.24, 2.45) is 0 Å². The summed E-state index contributed by atoms with van der Waals surface area (Å²) in [7, 11) is -4.20. The molecule has 14 heteroatoms. The number of amides is 3. The molecule has 1 fully saturated rings. The van der Waals surface area contributed by atoms with Crippen LogP contribution in [0, 0.1) is 6.92 Å². The molecular weight excluding hydrogens is 755 g/mol. The van der Waals surface area contributed by atoms with Gasteiger partial charge in [0.1, 0.15) is 39.9 Å². The maximum absolute atomic E-state index is 14.3. The number of fused-ring (bicyclic) bond motifs is 1. The largest absolute Gasteiger partial charge is 0.448 e. The Morgan fingerprint density at radius 3 is 1.95 bits per heavy atom. The Hall–Kier alpha value is -5.86. The van der Waals surface area contributed by atoms with Crippen molar-refractivity contribution in [1.82, 2.24) is 15.5 Å². The first-order valence-corrected chi connectivity index (χ1v) is 20.2. The van der Waals surface area contributed by atoms with Gasteiger partial charge in [0.2, 0.25) is 5.91 Å². The lowest BCUT2D eigenvalue weighted by Gasteiger charge is -2.49. The van der Waals surface area contributed by atoms with E-state index in [4.69, 9.17) is 13.7 Å². The number of alkyl carbamates (subject to hydrolysis) is 1. The van der Waals surface area contributed by atoms with Crippen molar-refractivity contribution in [1.29, 1.82) is 0 Å². The van der Waals surface area contributed by atoms with Crippen molar-refractivity contribution in [3.63, 3.8) is 0 Å². The fraction of sp³-hybridized carbons (Fsp3) is 0.238. The fourth-order valence-electron chi connectivity index (χ4n) is 6.06. The van der Waals surface area contributed by atoms with Crippen LogP contribution >= 0.6 is 11.8 Å². The van der Waals surface area contributed by atoms with Crippen LogP contribution in [-0.2, 0) is 38.2 Å². The normalized spacial score (nSPS) is 17.4. The van der Waals surface area contributed by atoms with Crippen LogP contribution in [0.5, 0.6) is 0 Å². The molecule has 0 bridgehead atoms. The Morgan fingerprint density at radius 2 is 1.39 bits per heavy atom. The van der Waals surface area contributed by atoms with Crippen LogP contribution < -0.4 is 10.6 Å². The minimum absolute atomic E-state index is 0.0560. The Morgan fingerprint density at radius 1 is 0.839 bits per heavy atom. The van der Waals surface area contributed by atoms with Crippen molar-refractivity contribution in [3.05, 3.63) is 161 Å². The third-order valence-electron chi connectivity index (χ3n) is 8.74. The van der Waals surface area contributed by atoms with E-state index in [0.29, 0.717) is 16.7 Å². The summed E-state index contributed by atoms with van der Waals surface area (Å²) < 4.78 is 42.7. The number of thioether (sulfide) groups is 1. The molecule has 2 N–H and O–H groups in total. The van der Waals surface area contributed by atoms with Crippen molar-refractivity contribution in [2.45, 2.75) is 61.8 Å². The molecule has 12 nitrogen and oxygen atoms in total. The summed E-state index contributed by atoms with van der Waals surface area (Å²) in [6, 6.07) is 30.6. The Bertz CT molecular complexity index is 2200. The van der Waals surface area contributed by atoms with Gasteiger partial charge in [0.15, 0.2) is 6.10 Å². The van der Waals surface area contributed by atoms with Crippen molar-refractivity contribution >= 4 is 45.8 Å². The first kappa shape index (κ1) is 39.8. The van der Waals surface area contributed by atoms with E-state index in [9.17, 15) is 27.6 Å². The highest BCUT2D eigenvalue weighted by Crippen LogP contribution is 2.42. The van der Waals surface area contributed by atoms with Crippen LogP contribution in [0.4, 0.5) is 4.79 Å². The van der Waals surface area contributed by atoms with Crippen LogP contribution in [0.2, 0.25) is 0 Å². The van der Waals surface area contributed by atoms with Gasteiger partial charge >= 0.3 is 22.2 Å². The molecule has 4 aromatic rings. The molecule has 4 aromatic carbocycles. The summed E-state index contributed by atoms with van der Waals surface area (Å²) >= 11 is 1.25. The van der Waals surface area contributed by atoms with Gasteiger partial charge in [-0.25, -0.2) is 9.59 Å². The Kier molecular flexibility index (Phi) is 12.0. The SMILES string of the molecule is Cc1ccc(S(=O)(=O)OC=CC2=C(C(=O)OC(c3ccccc3)c3ccccc3)N3C(=O)C(NC(=O)C(NC(=O)OC(C)(C)C)c4ccccc4)C3SC2)cc1. The number of carbonyl (C=O) groups excluding carboxylic acids is 4. The number of esters is 1. The molecule has 0 aromatic heterocycles. The zero-order chi connectivity index (χ0) is 40.0. The topological polar surface area (TPSA) is 157 Å². The molecule has 0 radical (unpaired) electrons. The molecule has 3 unspecified atom stereocenters. The number of aryl methyl sites for hydroxylation is 1. The third-order valence-corrected chi connectivity index (χ3v) is 11.3. The highest BCUT2D eigenvalue weighted by molar-refractivity contribution is 8.00. The van der Waals surface area contributed by atoms with Crippen LogP contribution in [0.25, 0.3) is 0 Å². The van der Waals surface area contributed by atoms with Gasteiger partial charge in [-0.1, -0.05) is 109 Å². The number of hydrogen-bond acceptors (Lipinski definition) is 10. The van der Waals surface area contributed by atoms with Crippen molar-refractivity contribution in [2.75, 3.05) is 5.75 Å². The summed E-state index contributed by atoms with van der Waals surface area (Å²) in [5.41, 5.74) is 2.01. The lowest BCUT2D eigenvalue weighted by Crippen LogP contribution is -2.71. The number of carbonyl (C=O) groups is 4. The van der Waals surface area contributed by atoms with Gasteiger partial charge in [0.25, 0.3) is 5.91 Å². The summed E-state index contributed by atoms with van der Waals surface area (Å²) in [5, 5.41) is 4.63. The van der Waals surface area contributed by atoms with E-state index in [-0.39, 0.29) is 21.9 Å². The smallest absolute Gasteiger partial charge is 0.408 e. The number of nitrogens with one attached hydrogen (secondary N) is 2. The summed E-state index contributed by atoms with van der Waals surface area (Å²) in [4.78, 5) is 56.2. The van der Waals surface area contributed by atoms with E-state index < -0.39 is 63.2 Å². The highest BCUT2D eigenvalue weighted by atomic mass is 32.2. The fourth-order valence-corrected chi connectivity index (χ4v) is 8.16. The second kappa shape index (κ2) is 16.9. The molecule has 0 spiro atoms. The van der Waals surface area contributed by atoms with E-state index in [1.807, 2.05) is 67.6 Å². The minimum Gasteiger partial charge on any atom is -0.448 e. The van der Waals surface area contributed by atoms with E-state index >= 15 is 0 Å². The Balaban J connectivity index is 1.29. The van der Waals surface area contributed by atoms with Gasteiger partial charge in [0, 0.05) is 5.75 Å². The summed E-state index contributed by atoms with van der Waals surface area (Å²) in [6.07, 6.45) is 0.603. The van der Waals surface area contributed by atoms with Gasteiger partial charge < -0.3 is 24.3 Å². The molecule has 0 saturated carbocycles. The predicted octanol–water partition coefficient (Wildman–Crippen LogP) is 6.47. The average Bonchev–Trinajstić information content (AvgIpc) is 3.18. The second-order valence-electron chi connectivity index (χ2n) is 14.0. The maximum atomic E-state index is 14.3. The monoisotopic (exact) mass is 795 g/mol. The number of rotatable bonds is 12. The molecule has 3 amide bonds. The average molecular weight is 796 g/mol. The standard InChI is InChI=1S/C42H41N3O9S2/c1-27-20-22-32(23-21-27)56(50,51)52-25-24-31-26-55-39-34(43-37(46)33(28-14-8-5-9-15-28)44-41(49)54-42(2,3)4)38(47)45(39)35(31)40(48)53-36(29-16-10-6-11-17-29)30-18-12-7-13-19-30/h5-25,33-34,36,39H,26H2,1-4H3,(H,43,46)(H,44,49). The van der Waals surface area contributed by atoms with Gasteiger partial charge in [-0.3, -0.25) is 14.5 Å². The number of ether oxygens (including phenoxy) is 2. The predicted molar refractivity (Wildman–Crippen MR) is 210 cm³/mol. The first-order valence-electron chi connectivity index (χ1n) is 17.7. The number of β-lactam (4-membered cyclic amide) rings is 1. The lowest BCUT2D eigenvalue weighted by atomic mass is 10.00. The zero-order valence-corrected chi connectivity index (χ0v) is 32.7. The van der Waals surface area contributed by atoms with E-state index in [2.05, 4.69) is 10.6 Å². The van der Waals surface area contributed by atoms with Crippen molar-refractivity contribution < 1.29 is 41.3 Å². The summed E-state index contributed by atoms with van der Waals surface area (Å²) in [6.45, 7) is 6.92.